The lowest BCUT2D eigenvalue weighted by Gasteiger charge is -2.28. The molecule has 2 heterocycles. The number of carbonyl (C=O) groups excluding carboxylic acids is 1. The van der Waals surface area contributed by atoms with Crippen LogP contribution in [0.4, 0.5) is 16.3 Å². The highest BCUT2D eigenvalue weighted by Crippen LogP contribution is 2.33. The Morgan fingerprint density at radius 2 is 2.06 bits per heavy atom. The van der Waals surface area contributed by atoms with Crippen LogP contribution in [0.15, 0.2) is 43.0 Å². The lowest BCUT2D eigenvalue weighted by atomic mass is 9.86. The number of aryl methyl sites for hydroxylation is 2. The van der Waals surface area contributed by atoms with Gasteiger partial charge in [-0.15, -0.1) is 0 Å². The molecule has 4 rings (SSSR count). The number of anilines is 2. The van der Waals surface area contributed by atoms with Crippen LogP contribution in [-0.4, -0.2) is 31.4 Å². The van der Waals surface area contributed by atoms with E-state index in [1.807, 2.05) is 46.1 Å². The van der Waals surface area contributed by atoms with Crippen molar-refractivity contribution in [1.29, 1.82) is 0 Å². The molecule has 31 heavy (non-hydrogen) atoms. The Kier molecular flexibility index (Phi) is 5.63. The topological polar surface area (TPSA) is 94.0 Å². The molecule has 162 valence electrons. The molecule has 2 aromatic heterocycles. The van der Waals surface area contributed by atoms with Gasteiger partial charge in [-0.25, -0.2) is 14.8 Å². The molecule has 2 N–H and O–H groups in total. The Bertz CT molecular complexity index is 1090. The second-order valence-corrected chi connectivity index (χ2v) is 8.82. The third-order valence-electron chi connectivity index (χ3n) is 5.09. The first kappa shape index (κ1) is 20.8. The van der Waals surface area contributed by atoms with E-state index in [1.54, 1.807) is 17.2 Å². The molecule has 1 amide bonds. The minimum Gasteiger partial charge on any atom is -0.444 e. The predicted octanol–water partition coefficient (Wildman–Crippen LogP) is 4.52. The number of aromatic nitrogens is 4. The summed E-state index contributed by atoms with van der Waals surface area (Å²) >= 11 is 0. The summed E-state index contributed by atoms with van der Waals surface area (Å²) in [6.45, 7) is 5.60. The van der Waals surface area contributed by atoms with Gasteiger partial charge in [-0.05, 0) is 57.2 Å². The van der Waals surface area contributed by atoms with Crippen molar-refractivity contribution in [2.75, 3.05) is 5.32 Å². The van der Waals surface area contributed by atoms with Crippen LogP contribution in [0.3, 0.4) is 0 Å². The van der Waals surface area contributed by atoms with Crippen molar-refractivity contribution in [2.24, 2.45) is 7.05 Å². The van der Waals surface area contributed by atoms with Gasteiger partial charge in [0, 0.05) is 24.9 Å². The van der Waals surface area contributed by atoms with Crippen molar-refractivity contribution in [3.05, 3.63) is 54.1 Å². The number of nitrogens with zero attached hydrogens (tertiary/aromatic N) is 4. The molecule has 0 saturated heterocycles. The van der Waals surface area contributed by atoms with Gasteiger partial charge < -0.3 is 15.4 Å². The molecule has 8 heteroatoms. The lowest BCUT2D eigenvalue weighted by molar-refractivity contribution is 0.0498. The molecule has 0 bridgehead atoms. The van der Waals surface area contributed by atoms with Gasteiger partial charge in [-0.2, -0.15) is 5.10 Å². The highest BCUT2D eigenvalue weighted by molar-refractivity contribution is 5.69. The normalized spacial score (nSPS) is 15.8. The first-order valence-electron chi connectivity index (χ1n) is 10.5. The molecule has 0 saturated carbocycles. The number of hydrogen-bond acceptors (Lipinski definition) is 6. The average molecular weight is 421 g/mol. The van der Waals surface area contributed by atoms with E-state index >= 15 is 0 Å². The molecule has 1 aliphatic carbocycles. The average Bonchev–Trinajstić information content (AvgIpc) is 3.11. The first-order valence-corrected chi connectivity index (χ1v) is 10.5. The quantitative estimate of drug-likeness (QED) is 0.644. The van der Waals surface area contributed by atoms with Gasteiger partial charge in [0.1, 0.15) is 17.7 Å². The summed E-state index contributed by atoms with van der Waals surface area (Å²) in [7, 11) is 1.87. The van der Waals surface area contributed by atoms with Crippen molar-refractivity contribution in [3.63, 3.8) is 0 Å². The number of ether oxygens (including phenoxy) is 1. The fourth-order valence-corrected chi connectivity index (χ4v) is 3.79. The van der Waals surface area contributed by atoms with Crippen molar-refractivity contribution in [1.82, 2.24) is 25.1 Å². The van der Waals surface area contributed by atoms with E-state index in [2.05, 4.69) is 37.8 Å². The largest absolute Gasteiger partial charge is 0.444 e. The van der Waals surface area contributed by atoms with Crippen molar-refractivity contribution in [3.8, 4) is 11.3 Å². The van der Waals surface area contributed by atoms with E-state index in [9.17, 15) is 4.79 Å². The standard InChI is InChI=1S/C23H28N6O2/c1-23(2,3)31-22(30)28-19-7-5-6-15-10-16(8-9-18(15)19)20-11-21(25-14-24-20)27-17-12-26-29(4)13-17/h8-14,19H,5-7H2,1-4H3,(H,28,30)(H,24,25,27). The smallest absolute Gasteiger partial charge is 0.408 e. The maximum atomic E-state index is 12.3. The molecule has 0 spiro atoms. The number of amides is 1. The molecular weight excluding hydrogens is 392 g/mol. The van der Waals surface area contributed by atoms with Gasteiger partial charge in [0.2, 0.25) is 0 Å². The molecule has 3 aromatic rings. The Hall–Kier alpha value is -3.42. The number of hydrogen-bond donors (Lipinski definition) is 2. The van der Waals surface area contributed by atoms with Gasteiger partial charge in [-0.1, -0.05) is 12.1 Å². The third-order valence-corrected chi connectivity index (χ3v) is 5.09. The van der Waals surface area contributed by atoms with E-state index in [4.69, 9.17) is 4.74 Å². The Morgan fingerprint density at radius 3 is 2.81 bits per heavy atom. The van der Waals surface area contributed by atoms with Crippen LogP contribution in [0.2, 0.25) is 0 Å². The highest BCUT2D eigenvalue weighted by atomic mass is 16.6. The second kappa shape index (κ2) is 8.37. The highest BCUT2D eigenvalue weighted by Gasteiger charge is 2.25. The Balaban J connectivity index is 1.53. The van der Waals surface area contributed by atoms with Crippen LogP contribution in [0.1, 0.15) is 50.8 Å². The maximum Gasteiger partial charge on any atom is 0.408 e. The van der Waals surface area contributed by atoms with Crippen LogP contribution in [0, 0.1) is 0 Å². The molecule has 1 unspecified atom stereocenters. The monoisotopic (exact) mass is 420 g/mol. The SMILES string of the molecule is Cn1cc(Nc2cc(-c3ccc4c(c3)CCCC4NC(=O)OC(C)(C)C)ncn2)cn1. The van der Waals surface area contributed by atoms with Gasteiger partial charge >= 0.3 is 6.09 Å². The number of alkyl carbamates (subject to hydrolysis) is 1. The van der Waals surface area contributed by atoms with E-state index in [0.717, 1.165) is 41.8 Å². The zero-order chi connectivity index (χ0) is 22.0. The number of rotatable bonds is 4. The lowest BCUT2D eigenvalue weighted by Crippen LogP contribution is -2.36. The first-order chi connectivity index (χ1) is 14.8. The fraction of sp³-hybridized carbons (Fsp3) is 0.391. The van der Waals surface area contributed by atoms with E-state index < -0.39 is 5.60 Å². The second-order valence-electron chi connectivity index (χ2n) is 8.82. The van der Waals surface area contributed by atoms with Crippen LogP contribution in [0.5, 0.6) is 0 Å². The van der Waals surface area contributed by atoms with Crippen LogP contribution < -0.4 is 10.6 Å². The zero-order valence-corrected chi connectivity index (χ0v) is 18.3. The van der Waals surface area contributed by atoms with Crippen LogP contribution >= 0.6 is 0 Å². The zero-order valence-electron chi connectivity index (χ0n) is 18.3. The Morgan fingerprint density at radius 1 is 1.23 bits per heavy atom. The van der Waals surface area contributed by atoms with Gasteiger partial charge in [0.05, 0.1) is 23.6 Å². The van der Waals surface area contributed by atoms with E-state index in [1.165, 1.54) is 5.56 Å². The fourth-order valence-electron chi connectivity index (χ4n) is 3.79. The molecule has 1 atom stereocenters. The van der Waals surface area contributed by atoms with Crippen LogP contribution in [-0.2, 0) is 18.2 Å². The summed E-state index contributed by atoms with van der Waals surface area (Å²) in [4.78, 5) is 21.0. The number of carbonyl (C=O) groups is 1. The minimum atomic E-state index is -0.514. The molecule has 1 aromatic carbocycles. The number of benzene rings is 1. The van der Waals surface area contributed by atoms with Gasteiger partial charge in [0.25, 0.3) is 0 Å². The van der Waals surface area contributed by atoms with Crippen molar-refractivity contribution >= 4 is 17.6 Å². The van der Waals surface area contributed by atoms with Crippen molar-refractivity contribution < 1.29 is 9.53 Å². The maximum absolute atomic E-state index is 12.3. The number of fused-ring (bicyclic) bond motifs is 1. The molecule has 8 nitrogen and oxygen atoms in total. The molecule has 0 fully saturated rings. The summed E-state index contributed by atoms with van der Waals surface area (Å²) in [5.41, 5.74) is 4.59. The van der Waals surface area contributed by atoms with E-state index in [0.29, 0.717) is 5.82 Å². The number of nitrogens with one attached hydrogen (secondary N) is 2. The molecule has 1 aliphatic rings. The molecule has 0 aliphatic heterocycles. The molecular formula is C23H28N6O2. The van der Waals surface area contributed by atoms with Gasteiger partial charge in [0.15, 0.2) is 0 Å². The van der Waals surface area contributed by atoms with Crippen molar-refractivity contribution in [2.45, 2.75) is 51.7 Å². The summed E-state index contributed by atoms with van der Waals surface area (Å²) in [5, 5.41) is 10.4. The predicted molar refractivity (Wildman–Crippen MR) is 119 cm³/mol. The summed E-state index contributed by atoms with van der Waals surface area (Å²) in [6, 6.07) is 8.18. The summed E-state index contributed by atoms with van der Waals surface area (Å²) in [5.74, 6) is 0.709. The Labute approximate surface area is 182 Å². The summed E-state index contributed by atoms with van der Waals surface area (Å²) in [6.07, 6.45) is 7.70. The van der Waals surface area contributed by atoms with E-state index in [-0.39, 0.29) is 12.1 Å². The summed E-state index contributed by atoms with van der Waals surface area (Å²) < 4.78 is 7.16. The van der Waals surface area contributed by atoms with Crippen LogP contribution in [0.25, 0.3) is 11.3 Å². The van der Waals surface area contributed by atoms with Gasteiger partial charge in [-0.3, -0.25) is 4.68 Å². The minimum absolute atomic E-state index is 0.0409. The third kappa shape index (κ3) is 5.20. The molecule has 0 radical (unpaired) electrons.